The van der Waals surface area contributed by atoms with Gasteiger partial charge in [-0.2, -0.15) is 8.78 Å². The van der Waals surface area contributed by atoms with Crippen LogP contribution in [0.3, 0.4) is 0 Å². The Kier molecular flexibility index (Phi) is 5.52. The minimum absolute atomic E-state index is 0.00606. The molecular formula is C11H10Br2F2O2. The number of Topliss-reactive ketones (excluding diaryl/α,β-unsaturated/α-hetero) is 1. The van der Waals surface area contributed by atoms with Gasteiger partial charge in [-0.25, -0.2) is 0 Å². The minimum Gasteiger partial charge on any atom is -0.435 e. The van der Waals surface area contributed by atoms with Crippen molar-refractivity contribution in [2.45, 2.75) is 23.7 Å². The van der Waals surface area contributed by atoms with Gasteiger partial charge in [-0.1, -0.05) is 31.9 Å². The highest BCUT2D eigenvalue weighted by Gasteiger charge is 2.15. The molecule has 0 aliphatic carbocycles. The molecule has 0 heterocycles. The summed E-state index contributed by atoms with van der Waals surface area (Å²) in [5.41, 5.74) is 1.06. The van der Waals surface area contributed by atoms with Gasteiger partial charge >= 0.3 is 6.61 Å². The van der Waals surface area contributed by atoms with Crippen LogP contribution in [0.15, 0.2) is 18.2 Å². The van der Waals surface area contributed by atoms with Gasteiger partial charge in [-0.05, 0) is 30.7 Å². The summed E-state index contributed by atoms with van der Waals surface area (Å²) in [5.74, 6) is -0.180. The Labute approximate surface area is 115 Å². The van der Waals surface area contributed by atoms with Crippen LogP contribution in [0.25, 0.3) is 0 Å². The van der Waals surface area contributed by atoms with Crippen LogP contribution in [-0.4, -0.2) is 17.2 Å². The fraction of sp³-hybridized carbons (Fsp3) is 0.364. The fourth-order valence-electron chi connectivity index (χ4n) is 1.28. The van der Waals surface area contributed by atoms with E-state index in [4.69, 9.17) is 0 Å². The summed E-state index contributed by atoms with van der Waals surface area (Å²) in [6, 6.07) is 4.43. The van der Waals surface area contributed by atoms with E-state index in [-0.39, 0.29) is 16.4 Å². The molecule has 1 aromatic carbocycles. The molecule has 0 saturated heterocycles. The van der Waals surface area contributed by atoms with E-state index in [9.17, 15) is 13.6 Å². The normalized spacial score (nSPS) is 12.6. The van der Waals surface area contributed by atoms with E-state index in [1.165, 1.54) is 12.1 Å². The Morgan fingerprint density at radius 2 is 2.06 bits per heavy atom. The first kappa shape index (κ1) is 14.6. The maximum Gasteiger partial charge on any atom is 0.387 e. The van der Waals surface area contributed by atoms with Crippen molar-refractivity contribution in [3.63, 3.8) is 0 Å². The number of hydrogen-bond acceptors (Lipinski definition) is 2. The highest BCUT2D eigenvalue weighted by Crippen LogP contribution is 2.23. The number of halogens is 4. The topological polar surface area (TPSA) is 26.3 Å². The molecule has 0 aliphatic rings. The van der Waals surface area contributed by atoms with Gasteiger partial charge < -0.3 is 4.74 Å². The minimum atomic E-state index is -2.90. The summed E-state index contributed by atoms with van der Waals surface area (Å²) in [6.07, 6.45) is 0. The number of rotatable bonds is 5. The lowest BCUT2D eigenvalue weighted by Gasteiger charge is -2.09. The highest BCUT2D eigenvalue weighted by atomic mass is 79.9. The molecule has 0 aromatic heterocycles. The molecule has 0 radical (unpaired) electrons. The zero-order valence-corrected chi connectivity index (χ0v) is 12.1. The van der Waals surface area contributed by atoms with Crippen LogP contribution >= 0.6 is 31.9 Å². The molecule has 94 valence electrons. The van der Waals surface area contributed by atoms with E-state index in [1.807, 2.05) is 0 Å². The van der Waals surface area contributed by atoms with E-state index < -0.39 is 6.61 Å². The molecular weight excluding hydrogens is 362 g/mol. The fourth-order valence-corrected chi connectivity index (χ4v) is 1.87. The molecule has 0 N–H and O–H groups in total. The Morgan fingerprint density at radius 3 is 2.53 bits per heavy atom. The van der Waals surface area contributed by atoms with Crippen molar-refractivity contribution in [3.8, 4) is 5.75 Å². The van der Waals surface area contributed by atoms with Gasteiger partial charge in [0.05, 0.1) is 4.83 Å². The Balaban J connectivity index is 3.09. The maximum absolute atomic E-state index is 12.1. The van der Waals surface area contributed by atoms with Crippen LogP contribution in [0.2, 0.25) is 0 Å². The van der Waals surface area contributed by atoms with E-state index in [1.54, 1.807) is 13.0 Å². The zero-order valence-electron chi connectivity index (χ0n) is 8.92. The molecule has 6 heteroatoms. The van der Waals surface area contributed by atoms with Crippen LogP contribution in [0, 0.1) is 0 Å². The van der Waals surface area contributed by atoms with Crippen LogP contribution in [0.5, 0.6) is 5.75 Å². The van der Waals surface area contributed by atoms with Crippen LogP contribution in [0.4, 0.5) is 8.78 Å². The first-order chi connectivity index (χ1) is 7.93. The van der Waals surface area contributed by atoms with Crippen molar-refractivity contribution < 1.29 is 18.3 Å². The second kappa shape index (κ2) is 6.44. The van der Waals surface area contributed by atoms with Crippen LogP contribution in [-0.2, 0) is 5.33 Å². The molecule has 0 bridgehead atoms. The van der Waals surface area contributed by atoms with Crippen LogP contribution < -0.4 is 4.74 Å². The molecule has 1 atom stereocenters. The predicted octanol–water partition coefficient (Wildman–Crippen LogP) is 4.15. The zero-order chi connectivity index (χ0) is 13.0. The summed E-state index contributed by atoms with van der Waals surface area (Å²) >= 11 is 6.36. The third-order valence-electron chi connectivity index (χ3n) is 1.99. The van der Waals surface area contributed by atoms with Gasteiger partial charge in [0.15, 0.2) is 5.78 Å². The number of ketones is 1. The van der Waals surface area contributed by atoms with Gasteiger partial charge in [0, 0.05) is 10.9 Å². The molecule has 1 aromatic rings. The van der Waals surface area contributed by atoms with Gasteiger partial charge in [0.25, 0.3) is 0 Å². The Morgan fingerprint density at radius 1 is 1.41 bits per heavy atom. The molecule has 0 amide bonds. The summed E-state index contributed by atoms with van der Waals surface area (Å²) in [4.78, 5) is 11.4. The molecule has 0 aliphatic heterocycles. The third-order valence-corrected chi connectivity index (χ3v) is 3.05. The molecule has 0 spiro atoms. The summed E-state index contributed by atoms with van der Waals surface area (Å²) in [6.45, 7) is -1.22. The molecule has 0 fully saturated rings. The number of carbonyl (C=O) groups is 1. The van der Waals surface area contributed by atoms with Gasteiger partial charge in [-0.3, -0.25) is 4.79 Å². The number of hydrogen-bond donors (Lipinski definition) is 0. The van der Waals surface area contributed by atoms with Crippen LogP contribution in [0.1, 0.15) is 22.8 Å². The summed E-state index contributed by atoms with van der Waals surface area (Å²) in [7, 11) is 0. The predicted molar refractivity (Wildman–Crippen MR) is 68.4 cm³/mol. The van der Waals surface area contributed by atoms with Crippen molar-refractivity contribution in [2.24, 2.45) is 0 Å². The molecule has 1 unspecified atom stereocenters. The Hall–Kier alpha value is -0.490. The lowest BCUT2D eigenvalue weighted by atomic mass is 10.1. The van der Waals surface area contributed by atoms with E-state index in [0.717, 1.165) is 0 Å². The smallest absolute Gasteiger partial charge is 0.387 e. The average molecular weight is 372 g/mol. The average Bonchev–Trinajstić information content (AvgIpc) is 2.26. The number of ether oxygens (including phenoxy) is 1. The van der Waals surface area contributed by atoms with Gasteiger partial charge in [-0.15, -0.1) is 0 Å². The van der Waals surface area contributed by atoms with Crippen molar-refractivity contribution in [1.29, 1.82) is 0 Å². The summed E-state index contributed by atoms with van der Waals surface area (Å²) < 4.78 is 28.5. The van der Waals surface area contributed by atoms with Crippen molar-refractivity contribution >= 4 is 37.6 Å². The number of carbonyl (C=O) groups excluding carboxylic acids is 1. The first-order valence-corrected chi connectivity index (χ1v) is 6.80. The number of alkyl halides is 4. The lowest BCUT2D eigenvalue weighted by molar-refractivity contribution is -0.0499. The van der Waals surface area contributed by atoms with Crippen molar-refractivity contribution in [2.75, 3.05) is 0 Å². The van der Waals surface area contributed by atoms with Crippen molar-refractivity contribution in [1.82, 2.24) is 0 Å². The van der Waals surface area contributed by atoms with Gasteiger partial charge in [0.2, 0.25) is 0 Å². The second-order valence-electron chi connectivity index (χ2n) is 3.36. The SMILES string of the molecule is CC(Br)C(=O)c1cc(CBr)cc(OC(F)F)c1. The van der Waals surface area contributed by atoms with E-state index in [0.29, 0.717) is 16.5 Å². The summed E-state index contributed by atoms with van der Waals surface area (Å²) in [5, 5.41) is 0.463. The largest absolute Gasteiger partial charge is 0.435 e. The van der Waals surface area contributed by atoms with E-state index >= 15 is 0 Å². The molecule has 17 heavy (non-hydrogen) atoms. The third kappa shape index (κ3) is 4.35. The molecule has 1 rings (SSSR count). The molecule has 2 nitrogen and oxygen atoms in total. The lowest BCUT2D eigenvalue weighted by Crippen LogP contribution is -2.11. The second-order valence-corrected chi connectivity index (χ2v) is 5.29. The Bertz CT molecular complexity index is 408. The van der Waals surface area contributed by atoms with Gasteiger partial charge in [0.1, 0.15) is 5.75 Å². The van der Waals surface area contributed by atoms with Crippen molar-refractivity contribution in [3.05, 3.63) is 29.3 Å². The standard InChI is InChI=1S/C11H10Br2F2O2/c1-6(13)10(16)8-2-7(5-12)3-9(4-8)17-11(14)15/h2-4,6,11H,5H2,1H3. The highest BCUT2D eigenvalue weighted by molar-refractivity contribution is 9.10. The number of benzene rings is 1. The maximum atomic E-state index is 12.1. The molecule has 0 saturated carbocycles. The monoisotopic (exact) mass is 370 g/mol. The quantitative estimate of drug-likeness (QED) is 0.574. The van der Waals surface area contributed by atoms with E-state index in [2.05, 4.69) is 36.6 Å². The first-order valence-electron chi connectivity index (χ1n) is 4.77.